The normalized spacial score (nSPS) is 10.5. The molecular weight excluding hydrogens is 219 g/mol. The summed E-state index contributed by atoms with van der Waals surface area (Å²) < 4.78 is 14.9. The fourth-order valence-corrected chi connectivity index (χ4v) is 1.82. The molecule has 0 fully saturated rings. The molecule has 0 amide bonds. The maximum absolute atomic E-state index is 13.0. The van der Waals surface area contributed by atoms with Gasteiger partial charge in [-0.3, -0.25) is 9.48 Å². The maximum Gasteiger partial charge on any atom is 0.150 e. The van der Waals surface area contributed by atoms with Crippen molar-refractivity contribution in [2.75, 3.05) is 0 Å². The molecule has 1 aromatic carbocycles. The van der Waals surface area contributed by atoms with Gasteiger partial charge in [0.1, 0.15) is 5.82 Å². The molecule has 2 aromatic rings. The smallest absolute Gasteiger partial charge is 0.150 e. The van der Waals surface area contributed by atoms with Gasteiger partial charge in [0.05, 0.1) is 5.69 Å². The molecule has 0 aliphatic rings. The first-order chi connectivity index (χ1) is 8.26. The van der Waals surface area contributed by atoms with E-state index >= 15 is 0 Å². The van der Waals surface area contributed by atoms with E-state index in [1.165, 1.54) is 12.1 Å². The molecule has 0 aliphatic carbocycles. The van der Waals surface area contributed by atoms with Crippen molar-refractivity contribution >= 4 is 6.29 Å². The van der Waals surface area contributed by atoms with Gasteiger partial charge in [-0.1, -0.05) is 6.92 Å². The van der Waals surface area contributed by atoms with Crippen molar-refractivity contribution in [3.8, 4) is 11.3 Å². The first-order valence-corrected chi connectivity index (χ1v) is 5.53. The van der Waals surface area contributed by atoms with Crippen LogP contribution >= 0.6 is 0 Å². The lowest BCUT2D eigenvalue weighted by atomic mass is 10.1. The standard InChI is InChI=1S/C13H13FN2O/c1-2-7-16-13(5-6-15-16)12-4-3-11(14)8-10(12)9-17/h3-6,8-9H,2,7H2,1H3. The molecule has 0 N–H and O–H groups in total. The van der Waals surface area contributed by atoms with Gasteiger partial charge in [0.2, 0.25) is 0 Å². The summed E-state index contributed by atoms with van der Waals surface area (Å²) in [4.78, 5) is 10.9. The predicted molar refractivity (Wildman–Crippen MR) is 63.3 cm³/mol. The zero-order valence-electron chi connectivity index (χ0n) is 9.56. The van der Waals surface area contributed by atoms with E-state index in [4.69, 9.17) is 0 Å². The molecule has 0 aliphatic heterocycles. The van der Waals surface area contributed by atoms with Crippen molar-refractivity contribution in [2.45, 2.75) is 19.9 Å². The number of hydrogen-bond donors (Lipinski definition) is 0. The van der Waals surface area contributed by atoms with Crippen LogP contribution in [0.5, 0.6) is 0 Å². The Kier molecular flexibility index (Phi) is 3.32. The molecule has 0 saturated carbocycles. The number of rotatable bonds is 4. The average Bonchev–Trinajstić information content (AvgIpc) is 2.77. The van der Waals surface area contributed by atoms with Crippen molar-refractivity contribution in [1.29, 1.82) is 0 Å². The summed E-state index contributed by atoms with van der Waals surface area (Å²) in [6, 6.07) is 6.04. The second-order valence-electron chi connectivity index (χ2n) is 3.79. The molecule has 3 nitrogen and oxygen atoms in total. The molecule has 88 valence electrons. The van der Waals surface area contributed by atoms with Crippen LogP contribution in [0.3, 0.4) is 0 Å². The van der Waals surface area contributed by atoms with Gasteiger partial charge in [-0.2, -0.15) is 5.10 Å². The molecule has 1 heterocycles. The third-order valence-corrected chi connectivity index (χ3v) is 2.57. The first-order valence-electron chi connectivity index (χ1n) is 5.53. The van der Waals surface area contributed by atoms with Gasteiger partial charge < -0.3 is 0 Å². The monoisotopic (exact) mass is 232 g/mol. The molecule has 0 radical (unpaired) electrons. The van der Waals surface area contributed by atoms with E-state index in [1.807, 2.05) is 10.7 Å². The maximum atomic E-state index is 13.0. The second kappa shape index (κ2) is 4.91. The summed E-state index contributed by atoms with van der Waals surface area (Å²) in [5.41, 5.74) is 1.91. The number of nitrogens with zero attached hydrogens (tertiary/aromatic N) is 2. The number of halogens is 1. The zero-order chi connectivity index (χ0) is 12.3. The molecule has 17 heavy (non-hydrogen) atoms. The van der Waals surface area contributed by atoms with Crippen LogP contribution < -0.4 is 0 Å². The Balaban J connectivity index is 2.52. The lowest BCUT2D eigenvalue weighted by Gasteiger charge is -2.08. The highest BCUT2D eigenvalue weighted by Gasteiger charge is 2.10. The highest BCUT2D eigenvalue weighted by atomic mass is 19.1. The zero-order valence-corrected chi connectivity index (χ0v) is 9.56. The van der Waals surface area contributed by atoms with Crippen LogP contribution in [-0.4, -0.2) is 16.1 Å². The number of benzene rings is 1. The van der Waals surface area contributed by atoms with Crippen LogP contribution in [0.15, 0.2) is 30.5 Å². The van der Waals surface area contributed by atoms with Gasteiger partial charge in [-0.05, 0) is 30.7 Å². The fraction of sp³-hybridized carbons (Fsp3) is 0.231. The van der Waals surface area contributed by atoms with Crippen LogP contribution in [0.25, 0.3) is 11.3 Å². The number of aromatic nitrogens is 2. The Morgan fingerprint density at radius 3 is 2.94 bits per heavy atom. The summed E-state index contributed by atoms with van der Waals surface area (Å²) in [7, 11) is 0. The van der Waals surface area contributed by atoms with Gasteiger partial charge in [0.25, 0.3) is 0 Å². The highest BCUT2D eigenvalue weighted by molar-refractivity contribution is 5.86. The van der Waals surface area contributed by atoms with E-state index in [2.05, 4.69) is 12.0 Å². The fourth-order valence-electron chi connectivity index (χ4n) is 1.82. The summed E-state index contributed by atoms with van der Waals surface area (Å²) in [5, 5.41) is 4.19. The van der Waals surface area contributed by atoms with E-state index in [0.29, 0.717) is 17.4 Å². The van der Waals surface area contributed by atoms with Crippen molar-refractivity contribution in [3.63, 3.8) is 0 Å². The molecule has 0 atom stereocenters. The Morgan fingerprint density at radius 1 is 1.41 bits per heavy atom. The summed E-state index contributed by atoms with van der Waals surface area (Å²) in [5.74, 6) is -0.405. The Morgan fingerprint density at radius 2 is 2.24 bits per heavy atom. The van der Waals surface area contributed by atoms with Gasteiger partial charge in [-0.15, -0.1) is 0 Å². The minimum atomic E-state index is -0.405. The molecule has 4 heteroatoms. The molecule has 0 spiro atoms. The number of hydrogen-bond acceptors (Lipinski definition) is 2. The molecule has 0 bridgehead atoms. The molecule has 0 unspecified atom stereocenters. The van der Waals surface area contributed by atoms with Crippen LogP contribution in [0.2, 0.25) is 0 Å². The van der Waals surface area contributed by atoms with Gasteiger partial charge in [0.15, 0.2) is 6.29 Å². The minimum Gasteiger partial charge on any atom is -0.298 e. The SMILES string of the molecule is CCCn1nccc1-c1ccc(F)cc1C=O. The van der Waals surface area contributed by atoms with Crippen molar-refractivity contribution in [3.05, 3.63) is 41.8 Å². The van der Waals surface area contributed by atoms with Crippen LogP contribution in [0.1, 0.15) is 23.7 Å². The summed E-state index contributed by atoms with van der Waals surface area (Å²) >= 11 is 0. The lowest BCUT2D eigenvalue weighted by molar-refractivity contribution is 0.112. The average molecular weight is 232 g/mol. The van der Waals surface area contributed by atoms with Gasteiger partial charge >= 0.3 is 0 Å². The Hall–Kier alpha value is -1.97. The first kappa shape index (κ1) is 11.5. The quantitative estimate of drug-likeness (QED) is 0.760. The molecule has 0 saturated heterocycles. The Labute approximate surface area is 98.9 Å². The van der Waals surface area contributed by atoms with Crippen molar-refractivity contribution in [2.24, 2.45) is 0 Å². The van der Waals surface area contributed by atoms with Gasteiger partial charge in [-0.25, -0.2) is 4.39 Å². The Bertz CT molecular complexity index is 534. The lowest BCUT2D eigenvalue weighted by Crippen LogP contribution is -2.02. The number of aldehydes is 1. The van der Waals surface area contributed by atoms with E-state index in [9.17, 15) is 9.18 Å². The number of carbonyl (C=O) groups is 1. The van der Waals surface area contributed by atoms with Gasteiger partial charge in [0, 0.05) is 23.9 Å². The van der Waals surface area contributed by atoms with E-state index < -0.39 is 5.82 Å². The van der Waals surface area contributed by atoms with E-state index in [-0.39, 0.29) is 0 Å². The van der Waals surface area contributed by atoms with E-state index in [1.54, 1.807) is 12.3 Å². The van der Waals surface area contributed by atoms with Crippen molar-refractivity contribution in [1.82, 2.24) is 9.78 Å². The molecule has 1 aromatic heterocycles. The minimum absolute atomic E-state index is 0.350. The van der Waals surface area contributed by atoms with Crippen LogP contribution in [-0.2, 0) is 6.54 Å². The number of aryl methyl sites for hydroxylation is 1. The van der Waals surface area contributed by atoms with E-state index in [0.717, 1.165) is 18.7 Å². The topological polar surface area (TPSA) is 34.9 Å². The van der Waals surface area contributed by atoms with Crippen LogP contribution in [0.4, 0.5) is 4.39 Å². The van der Waals surface area contributed by atoms with Crippen molar-refractivity contribution < 1.29 is 9.18 Å². The largest absolute Gasteiger partial charge is 0.298 e. The molecular formula is C13H13FN2O. The third-order valence-electron chi connectivity index (χ3n) is 2.57. The predicted octanol–water partition coefficient (Wildman–Crippen LogP) is 2.91. The molecule has 2 rings (SSSR count). The summed E-state index contributed by atoms with van der Waals surface area (Å²) in [6.07, 6.45) is 3.30. The summed E-state index contributed by atoms with van der Waals surface area (Å²) in [6.45, 7) is 2.83. The highest BCUT2D eigenvalue weighted by Crippen LogP contribution is 2.23. The van der Waals surface area contributed by atoms with Crippen LogP contribution in [0, 0.1) is 5.82 Å². The second-order valence-corrected chi connectivity index (χ2v) is 3.79. The number of carbonyl (C=O) groups excluding carboxylic acids is 1. The third kappa shape index (κ3) is 2.25.